The van der Waals surface area contributed by atoms with Crippen molar-refractivity contribution in [2.24, 2.45) is 0 Å². The Labute approximate surface area is 827 Å². The average molecular weight is 2400 g/mol. The third-order valence-corrected chi connectivity index (χ3v) is 19.7. The Morgan fingerprint density at radius 3 is 0.754 bits per heavy atom. The Bertz CT molecular complexity index is 6360. The summed E-state index contributed by atoms with van der Waals surface area (Å²) in [5.74, 6) is 0. The molecule has 0 unspecified atom stereocenters. The van der Waals surface area contributed by atoms with Crippen molar-refractivity contribution in [1.29, 1.82) is 0 Å². The van der Waals surface area contributed by atoms with Crippen LogP contribution in [0, 0.1) is 90.1 Å². The van der Waals surface area contributed by atoms with Gasteiger partial charge in [0.15, 0.2) is 0 Å². The van der Waals surface area contributed by atoms with Gasteiger partial charge in [0.1, 0.15) is 0 Å². The van der Waals surface area contributed by atoms with E-state index in [1.54, 1.807) is 30.9 Å². The van der Waals surface area contributed by atoms with E-state index in [0.29, 0.717) is 5.56 Å². The van der Waals surface area contributed by atoms with Crippen LogP contribution in [-0.2, 0) is 80.4 Å². The van der Waals surface area contributed by atoms with Crippen molar-refractivity contribution in [3.8, 4) is 135 Å². The first-order valence-electron chi connectivity index (χ1n) is 43.7. The van der Waals surface area contributed by atoms with Crippen molar-refractivity contribution in [1.82, 2.24) is 39.9 Å². The van der Waals surface area contributed by atoms with Gasteiger partial charge in [0.05, 0.1) is 6.85 Å². The van der Waals surface area contributed by atoms with Crippen molar-refractivity contribution in [3.05, 3.63) is 532 Å². The monoisotopic (exact) mass is 2400 g/mol. The van der Waals surface area contributed by atoms with Gasteiger partial charge in [0.25, 0.3) is 0 Å². The molecule has 8 aromatic heterocycles. The summed E-state index contributed by atoms with van der Waals surface area (Å²) < 4.78 is 39.4. The summed E-state index contributed by atoms with van der Waals surface area (Å²) in [6.45, 7) is 12.3. The van der Waals surface area contributed by atoms with E-state index in [1.807, 2.05) is 329 Å². The van der Waals surface area contributed by atoms with Crippen molar-refractivity contribution >= 4 is 0 Å². The zero-order valence-corrected chi connectivity index (χ0v) is 81.8. The predicted octanol–water partition coefficient (Wildman–Crippen LogP) is 28.9. The fraction of sp³-hybridized carbons (Fsp3) is 0.0508. The first kappa shape index (κ1) is 92.6. The van der Waals surface area contributed by atoms with Gasteiger partial charge in [0, 0.05) is 152 Å². The molecule has 0 spiro atoms. The van der Waals surface area contributed by atoms with Gasteiger partial charge in [-0.05, 0) is 149 Å². The molecule has 12 heteroatoms. The summed E-state index contributed by atoms with van der Waals surface area (Å²) in [5, 5.41) is 0. The van der Waals surface area contributed by atoms with Crippen LogP contribution >= 0.6 is 0 Å². The van der Waals surface area contributed by atoms with Crippen molar-refractivity contribution < 1.29 is 87.3 Å². The molecule has 0 saturated heterocycles. The van der Waals surface area contributed by atoms with Gasteiger partial charge >= 0.3 is 0 Å². The van der Waals surface area contributed by atoms with E-state index in [-0.39, 0.29) is 110 Å². The standard InChI is InChI=1S/4C18H14N.2C12H10N.2C11H8N.4Ir/c4*1-14-12-18(16-10-6-3-7-11-16)19-13-17(14)15-8-4-2-5-9-15;1-10-6-2-3-7-11(10)12-8-4-5-9-13-12;1-10-6-5-9-13-12(10)11-7-3-2-4-8-11;2*1-2-6-10(7-3-1)11-8-4-5-9-12-11;;;;/h4*2-10,12-13H,1H3;2-6,8-9H,1H3;2-7,9H,1H3;2*1-6,8-9H;;;;/q8*-1;;;;/i2D,4D,5D,8D,9D;;;;;;;;;;;. The molecule has 0 aliphatic heterocycles. The van der Waals surface area contributed by atoms with Crippen molar-refractivity contribution in [3.63, 3.8) is 0 Å². The number of hydrogen-bond donors (Lipinski definition) is 0. The topological polar surface area (TPSA) is 103 Å². The van der Waals surface area contributed by atoms with Crippen molar-refractivity contribution in [2.45, 2.75) is 41.5 Å². The number of aromatic nitrogens is 8. The smallest absolute Gasteiger partial charge is 0.0629 e. The van der Waals surface area contributed by atoms with Gasteiger partial charge in [-0.25, -0.2) is 0 Å². The SMILES string of the molecule is Cc1cc(-c2[c-]cccc2)ncc1-c1ccccc1.Cc1cc(-c2[c-]cccc2)ncc1-c1ccccc1.Cc1cc(-c2[c-]cccc2)ncc1-c1ccccc1.Cc1ccc[c-]c1-c1ccccn1.Cc1cccnc1-c1[c-]cccc1.[2H]c1c([2H])c([2H])c(-c2cnc(-c3[c-]cccc3)cc2C)c([2H])c1[2H].[Ir].[Ir].[Ir].[Ir].[c-]1ccccc1-c1ccccn1.[c-]1ccccc1-c1ccccn1. The molecule has 0 amide bonds. The third kappa shape index (κ3) is 30.3. The Kier molecular flexibility index (Phi) is 38.9. The number of rotatable bonds is 12. The van der Waals surface area contributed by atoms with Crippen LogP contribution < -0.4 is 0 Å². The summed E-state index contributed by atoms with van der Waals surface area (Å²) in [6, 6.07) is 145. The molecule has 8 heterocycles. The maximum atomic E-state index is 8.08. The zero-order valence-electron chi connectivity index (χ0n) is 77.2. The summed E-state index contributed by atoms with van der Waals surface area (Å²) in [7, 11) is 0. The van der Waals surface area contributed by atoms with E-state index < -0.39 is 6.04 Å². The minimum atomic E-state index is -0.394. The van der Waals surface area contributed by atoms with E-state index in [2.05, 4.69) is 190 Å². The summed E-state index contributed by atoms with van der Waals surface area (Å²) >= 11 is 0. The largest absolute Gasteiger partial charge is 0.305 e. The maximum Gasteiger partial charge on any atom is 0.0629 e. The zero-order chi connectivity index (χ0) is 91.3. The molecule has 8 nitrogen and oxygen atoms in total. The molecule has 0 fully saturated rings. The molecular weight excluding hydrogens is 2300 g/mol. The molecule has 0 bridgehead atoms. The van der Waals surface area contributed by atoms with Gasteiger partial charge < -0.3 is 39.9 Å². The molecule has 20 aromatic rings. The second kappa shape index (κ2) is 54.6. The van der Waals surface area contributed by atoms with E-state index in [0.717, 1.165) is 95.6 Å². The van der Waals surface area contributed by atoms with E-state index in [4.69, 9.17) is 6.85 Å². The quantitative estimate of drug-likeness (QED) is 0.111. The minimum Gasteiger partial charge on any atom is -0.305 e. The second-order valence-electron chi connectivity index (χ2n) is 28.6. The Morgan fingerprint density at radius 1 is 0.200 bits per heavy atom. The molecule has 0 aliphatic carbocycles. The summed E-state index contributed by atoms with van der Waals surface area (Å²) in [5.41, 5.74) is 30.5. The molecule has 0 aliphatic rings. The van der Waals surface area contributed by atoms with E-state index >= 15 is 0 Å². The normalized spacial score (nSPS) is 10.4. The maximum absolute atomic E-state index is 8.08. The van der Waals surface area contributed by atoms with Crippen LogP contribution in [0.25, 0.3) is 135 Å². The number of nitrogens with zero attached hydrogens (tertiary/aromatic N) is 8. The molecule has 0 atom stereocenters. The molecule has 130 heavy (non-hydrogen) atoms. The Morgan fingerprint density at radius 2 is 0.469 bits per heavy atom. The van der Waals surface area contributed by atoms with Gasteiger partial charge in [-0.2, -0.15) is 0 Å². The molecule has 12 aromatic carbocycles. The fourth-order valence-corrected chi connectivity index (χ4v) is 13.2. The van der Waals surface area contributed by atoms with Crippen LogP contribution in [0.2, 0.25) is 0 Å². The number of pyridine rings is 8. The first-order valence-corrected chi connectivity index (χ1v) is 41.2. The van der Waals surface area contributed by atoms with Crippen LogP contribution in [0.5, 0.6) is 0 Å². The van der Waals surface area contributed by atoms with Gasteiger partial charge in [-0.1, -0.05) is 200 Å². The molecule has 648 valence electrons. The minimum absolute atomic E-state index is 0. The fourth-order valence-electron chi connectivity index (χ4n) is 13.2. The Balaban J connectivity index is 0.000000174. The Hall–Kier alpha value is -13.6. The summed E-state index contributed by atoms with van der Waals surface area (Å²) in [4.78, 5) is 35.1. The second-order valence-corrected chi connectivity index (χ2v) is 28.6. The summed E-state index contributed by atoms with van der Waals surface area (Å²) in [6.07, 6.45) is 14.6. The van der Waals surface area contributed by atoms with Crippen molar-refractivity contribution in [2.75, 3.05) is 0 Å². The third-order valence-electron chi connectivity index (χ3n) is 19.7. The van der Waals surface area contributed by atoms with Crippen LogP contribution in [-0.4, -0.2) is 39.9 Å². The van der Waals surface area contributed by atoms with Gasteiger partial charge in [0.2, 0.25) is 0 Å². The number of aryl methyl sites for hydroxylation is 6. The molecule has 20 rings (SSSR count). The average Bonchev–Trinajstić information content (AvgIpc) is 0.766. The molecule has 0 N–H and O–H groups in total. The number of hydrogen-bond acceptors (Lipinski definition) is 8. The van der Waals surface area contributed by atoms with Crippen LogP contribution in [0.3, 0.4) is 0 Å². The first-order chi connectivity index (χ1) is 64.1. The van der Waals surface area contributed by atoms with E-state index in [1.165, 1.54) is 61.2 Å². The molecule has 0 saturated carbocycles. The predicted molar refractivity (Wildman–Crippen MR) is 518 cm³/mol. The van der Waals surface area contributed by atoms with Crippen LogP contribution in [0.1, 0.15) is 40.2 Å². The van der Waals surface area contributed by atoms with Crippen LogP contribution in [0.15, 0.2) is 450 Å². The number of benzene rings is 12. The van der Waals surface area contributed by atoms with Gasteiger partial charge in [-0.15, -0.1) is 287 Å². The van der Waals surface area contributed by atoms with E-state index in [9.17, 15) is 0 Å². The van der Waals surface area contributed by atoms with Gasteiger partial charge in [-0.3, -0.25) is 0 Å². The molecular formula is C118H92Ir4N8-8. The molecule has 4 radical (unpaired) electrons. The van der Waals surface area contributed by atoms with Crippen LogP contribution in [0.4, 0.5) is 0 Å².